The third-order valence-electron chi connectivity index (χ3n) is 5.00. The van der Waals surface area contributed by atoms with Gasteiger partial charge in [-0.3, -0.25) is 9.59 Å². The van der Waals surface area contributed by atoms with Gasteiger partial charge in [-0.1, -0.05) is 23.7 Å². The van der Waals surface area contributed by atoms with Gasteiger partial charge in [0.05, 0.1) is 10.6 Å². The largest absolute Gasteiger partial charge is 0.345 e. The van der Waals surface area contributed by atoms with Crippen LogP contribution in [0.3, 0.4) is 0 Å². The van der Waals surface area contributed by atoms with E-state index >= 15 is 0 Å². The smallest absolute Gasteiger partial charge is 0.313 e. The Bertz CT molecular complexity index is 854. The molecule has 2 atom stereocenters. The first-order valence-corrected chi connectivity index (χ1v) is 9.45. The number of carbonyl (C=O) groups excluding carboxylic acids is 2. The number of hydrogen-bond acceptors (Lipinski definition) is 3. The SMILES string of the molecule is O=C(Nc1ccsc1-c1ccc(Cl)cc1)C(=O)NC1CC2C(C1)C2(F)F. The molecule has 26 heavy (non-hydrogen) atoms. The second-order valence-electron chi connectivity index (χ2n) is 6.65. The van der Waals surface area contributed by atoms with Crippen LogP contribution in [0.4, 0.5) is 14.5 Å². The molecule has 4 nitrogen and oxygen atoms in total. The maximum Gasteiger partial charge on any atom is 0.313 e. The van der Waals surface area contributed by atoms with Crippen LogP contribution in [0.5, 0.6) is 0 Å². The third-order valence-corrected chi connectivity index (χ3v) is 6.22. The first-order valence-electron chi connectivity index (χ1n) is 8.19. The molecule has 2 aliphatic rings. The second kappa shape index (κ2) is 6.32. The van der Waals surface area contributed by atoms with E-state index in [2.05, 4.69) is 10.6 Å². The van der Waals surface area contributed by atoms with Crippen LogP contribution in [0.25, 0.3) is 10.4 Å². The number of halogens is 3. The average Bonchev–Trinajstić information content (AvgIpc) is 3.02. The van der Waals surface area contributed by atoms with E-state index in [0.717, 1.165) is 10.4 Å². The Morgan fingerprint density at radius 1 is 1.08 bits per heavy atom. The fraction of sp³-hybridized carbons (Fsp3) is 0.333. The van der Waals surface area contributed by atoms with Crippen LogP contribution < -0.4 is 10.6 Å². The highest BCUT2D eigenvalue weighted by atomic mass is 35.5. The summed E-state index contributed by atoms with van der Waals surface area (Å²) in [6.07, 6.45) is 0.455. The zero-order valence-electron chi connectivity index (χ0n) is 13.5. The number of anilines is 1. The third kappa shape index (κ3) is 3.10. The van der Waals surface area contributed by atoms with Gasteiger partial charge in [0.2, 0.25) is 0 Å². The van der Waals surface area contributed by atoms with Crippen molar-refractivity contribution in [1.29, 1.82) is 0 Å². The van der Waals surface area contributed by atoms with E-state index < -0.39 is 29.6 Å². The van der Waals surface area contributed by atoms with Crippen molar-refractivity contribution in [1.82, 2.24) is 5.32 Å². The quantitative estimate of drug-likeness (QED) is 0.765. The van der Waals surface area contributed by atoms with Crippen LogP contribution in [0.1, 0.15) is 12.8 Å². The molecule has 0 radical (unpaired) electrons. The lowest BCUT2D eigenvalue weighted by molar-refractivity contribution is -0.136. The maximum absolute atomic E-state index is 13.2. The Balaban J connectivity index is 1.37. The number of carbonyl (C=O) groups is 2. The fourth-order valence-corrected chi connectivity index (χ4v) is 4.58. The Morgan fingerprint density at radius 3 is 2.38 bits per heavy atom. The lowest BCUT2D eigenvalue weighted by Gasteiger charge is -2.16. The van der Waals surface area contributed by atoms with E-state index in [-0.39, 0.29) is 18.9 Å². The van der Waals surface area contributed by atoms with Gasteiger partial charge in [0.1, 0.15) is 0 Å². The van der Waals surface area contributed by atoms with Crippen molar-refractivity contribution in [2.24, 2.45) is 11.8 Å². The minimum absolute atomic E-state index is 0.227. The predicted molar refractivity (Wildman–Crippen MR) is 96.5 cm³/mol. The first kappa shape index (κ1) is 17.4. The number of rotatable bonds is 3. The summed E-state index contributed by atoms with van der Waals surface area (Å²) in [6.45, 7) is 0. The van der Waals surface area contributed by atoms with E-state index in [1.165, 1.54) is 11.3 Å². The molecule has 0 saturated heterocycles. The number of nitrogens with one attached hydrogen (secondary N) is 2. The van der Waals surface area contributed by atoms with Gasteiger partial charge in [0, 0.05) is 22.9 Å². The summed E-state index contributed by atoms with van der Waals surface area (Å²) in [6, 6.07) is 8.50. The van der Waals surface area contributed by atoms with Crippen LogP contribution in [0, 0.1) is 11.8 Å². The first-order chi connectivity index (χ1) is 12.4. The molecule has 2 amide bonds. The number of thiophene rings is 1. The van der Waals surface area contributed by atoms with E-state index in [1.807, 2.05) is 17.5 Å². The highest BCUT2D eigenvalue weighted by Gasteiger charge is 2.71. The molecule has 0 bridgehead atoms. The van der Waals surface area contributed by atoms with E-state index in [1.54, 1.807) is 18.2 Å². The molecule has 8 heteroatoms. The number of amides is 2. The Labute approximate surface area is 157 Å². The van der Waals surface area contributed by atoms with Gasteiger partial charge in [-0.25, -0.2) is 8.78 Å². The van der Waals surface area contributed by atoms with Gasteiger partial charge in [0.15, 0.2) is 0 Å². The summed E-state index contributed by atoms with van der Waals surface area (Å²) in [5.41, 5.74) is 1.40. The fourth-order valence-electron chi connectivity index (χ4n) is 3.59. The lowest BCUT2D eigenvalue weighted by Crippen LogP contribution is -2.41. The molecule has 0 spiro atoms. The molecule has 2 fully saturated rings. The molecule has 0 aliphatic heterocycles. The van der Waals surface area contributed by atoms with Crippen LogP contribution in [0.15, 0.2) is 35.7 Å². The second-order valence-corrected chi connectivity index (χ2v) is 8.01. The summed E-state index contributed by atoms with van der Waals surface area (Å²) in [5.74, 6) is -5.49. The summed E-state index contributed by atoms with van der Waals surface area (Å²) >= 11 is 7.31. The monoisotopic (exact) mass is 396 g/mol. The van der Waals surface area contributed by atoms with Gasteiger partial charge in [-0.05, 0) is 42.0 Å². The molecule has 1 aromatic carbocycles. The van der Waals surface area contributed by atoms with Crippen molar-refractivity contribution in [3.8, 4) is 10.4 Å². The zero-order chi connectivity index (χ0) is 18.5. The van der Waals surface area contributed by atoms with Crippen LogP contribution >= 0.6 is 22.9 Å². The molecule has 1 aromatic heterocycles. The van der Waals surface area contributed by atoms with Crippen molar-refractivity contribution < 1.29 is 18.4 Å². The van der Waals surface area contributed by atoms with Gasteiger partial charge in [-0.2, -0.15) is 0 Å². The molecule has 4 rings (SSSR count). The minimum Gasteiger partial charge on any atom is -0.345 e. The van der Waals surface area contributed by atoms with Crippen molar-refractivity contribution in [3.63, 3.8) is 0 Å². The molecule has 2 aromatic rings. The molecule has 2 N–H and O–H groups in total. The van der Waals surface area contributed by atoms with Gasteiger partial charge < -0.3 is 10.6 Å². The number of benzene rings is 1. The minimum atomic E-state index is -2.59. The summed E-state index contributed by atoms with van der Waals surface area (Å²) in [5, 5.41) is 7.57. The number of alkyl halides is 2. The van der Waals surface area contributed by atoms with Crippen molar-refractivity contribution in [2.45, 2.75) is 24.8 Å². The van der Waals surface area contributed by atoms with Gasteiger partial charge in [-0.15, -0.1) is 11.3 Å². The van der Waals surface area contributed by atoms with Crippen LogP contribution in [0.2, 0.25) is 5.02 Å². The van der Waals surface area contributed by atoms with Crippen molar-refractivity contribution >= 4 is 40.4 Å². The molecular formula is C18H15ClF2N2O2S. The van der Waals surface area contributed by atoms with Gasteiger partial charge >= 0.3 is 11.8 Å². The highest BCUT2D eigenvalue weighted by molar-refractivity contribution is 7.14. The Kier molecular flexibility index (Phi) is 4.23. The topological polar surface area (TPSA) is 58.2 Å². The molecule has 136 valence electrons. The van der Waals surface area contributed by atoms with Crippen molar-refractivity contribution in [2.75, 3.05) is 5.32 Å². The average molecular weight is 397 g/mol. The lowest BCUT2D eigenvalue weighted by atomic mass is 10.1. The van der Waals surface area contributed by atoms with Gasteiger partial charge in [0.25, 0.3) is 5.92 Å². The Hall–Kier alpha value is -1.99. The normalized spacial score (nSPS) is 25.4. The predicted octanol–water partition coefficient (Wildman–Crippen LogP) is 4.17. The molecular weight excluding hydrogens is 382 g/mol. The van der Waals surface area contributed by atoms with Crippen molar-refractivity contribution in [3.05, 3.63) is 40.7 Å². The summed E-state index contributed by atoms with van der Waals surface area (Å²) in [7, 11) is 0. The molecule has 2 saturated carbocycles. The van der Waals surface area contributed by atoms with E-state index in [0.29, 0.717) is 10.7 Å². The Morgan fingerprint density at radius 2 is 1.73 bits per heavy atom. The molecule has 2 unspecified atom stereocenters. The van der Waals surface area contributed by atoms with Crippen LogP contribution in [-0.2, 0) is 9.59 Å². The summed E-state index contributed by atoms with van der Waals surface area (Å²) in [4.78, 5) is 25.1. The van der Waals surface area contributed by atoms with Crippen LogP contribution in [-0.4, -0.2) is 23.8 Å². The molecule has 1 heterocycles. The maximum atomic E-state index is 13.2. The van der Waals surface area contributed by atoms with E-state index in [9.17, 15) is 18.4 Å². The van der Waals surface area contributed by atoms with E-state index in [4.69, 9.17) is 11.6 Å². The summed E-state index contributed by atoms with van der Waals surface area (Å²) < 4.78 is 26.4. The highest BCUT2D eigenvalue weighted by Crippen LogP contribution is 2.63. The standard InChI is InChI=1S/C18H15ClF2N2O2S/c19-10-3-1-9(2-4-10)15-14(5-6-26-15)23-17(25)16(24)22-11-7-12-13(8-11)18(12,20)21/h1-6,11-13H,7-8H2,(H,22,24)(H,23,25). The molecule has 2 aliphatic carbocycles. The zero-order valence-corrected chi connectivity index (χ0v) is 15.0. The number of hydrogen-bond donors (Lipinski definition) is 2. The number of fused-ring (bicyclic) bond motifs is 1.